The number of rotatable bonds is 11. The number of fused-ring (bicyclic) bond motifs is 1. The number of nitrogens with zero attached hydrogens (tertiary/aromatic N) is 4. The van der Waals surface area contributed by atoms with E-state index in [0.717, 1.165) is 24.3 Å². The molecule has 0 spiro atoms. The lowest BCUT2D eigenvalue weighted by atomic mass is 9.70. The summed E-state index contributed by atoms with van der Waals surface area (Å²) in [6.45, 7) is -0.611. The zero-order valence-electron chi connectivity index (χ0n) is 20.5. The second-order valence-corrected chi connectivity index (χ2v) is 11.7. The van der Waals surface area contributed by atoms with Crippen molar-refractivity contribution in [3.05, 3.63) is 72.8 Å². The van der Waals surface area contributed by atoms with Crippen molar-refractivity contribution in [1.29, 1.82) is 0 Å². The topological polar surface area (TPSA) is 181 Å². The molecule has 2 heterocycles. The van der Waals surface area contributed by atoms with E-state index in [4.69, 9.17) is 23.8 Å². The van der Waals surface area contributed by atoms with Crippen molar-refractivity contribution in [2.24, 2.45) is 11.8 Å². The monoisotopic (exact) mass is 597 g/mol. The van der Waals surface area contributed by atoms with Crippen molar-refractivity contribution in [3.63, 3.8) is 0 Å². The van der Waals surface area contributed by atoms with Gasteiger partial charge in [0.2, 0.25) is 0 Å². The van der Waals surface area contributed by atoms with Crippen LogP contribution in [0.25, 0.3) is 11.2 Å². The second-order valence-electron chi connectivity index (χ2n) is 8.93. The van der Waals surface area contributed by atoms with Gasteiger partial charge in [-0.15, -0.1) is 0 Å². The van der Waals surface area contributed by atoms with Gasteiger partial charge in [0.25, 0.3) is 0 Å². The van der Waals surface area contributed by atoms with Crippen LogP contribution < -0.4 is 14.8 Å². The molecule has 4 N–H and O–H groups in total. The summed E-state index contributed by atoms with van der Waals surface area (Å²) in [4.78, 5) is 32.8. The Balaban J connectivity index is 1.30. The molecule has 0 amide bonds. The van der Waals surface area contributed by atoms with Crippen LogP contribution in [0.4, 0.5) is 14.6 Å². The van der Waals surface area contributed by atoms with E-state index < -0.39 is 39.1 Å². The first-order chi connectivity index (χ1) is 19.0. The lowest BCUT2D eigenvalue weighted by molar-refractivity contribution is -0.00444. The molecular weight excluding hydrogens is 574 g/mol. The Labute approximate surface area is 225 Å². The summed E-state index contributed by atoms with van der Waals surface area (Å²) in [5.74, 6) is -2.07. The molecule has 4 aromatic rings. The van der Waals surface area contributed by atoms with Gasteiger partial charge in [0.05, 0.1) is 19.5 Å². The fraction of sp³-hybridized carbons (Fsp3) is 0.261. The van der Waals surface area contributed by atoms with Gasteiger partial charge in [-0.3, -0.25) is 18.8 Å². The van der Waals surface area contributed by atoms with Crippen LogP contribution in [-0.4, -0.2) is 42.5 Å². The minimum absolute atomic E-state index is 0.0695. The maximum absolute atomic E-state index is 13.2. The van der Waals surface area contributed by atoms with Crippen LogP contribution in [0.1, 0.15) is 12.5 Å². The molecule has 1 aliphatic rings. The van der Waals surface area contributed by atoms with E-state index in [0.29, 0.717) is 17.6 Å². The van der Waals surface area contributed by atoms with Crippen molar-refractivity contribution < 1.29 is 45.8 Å². The third kappa shape index (κ3) is 6.47. The normalized spacial score (nSPS) is 21.8. The van der Waals surface area contributed by atoms with E-state index in [2.05, 4.69) is 15.0 Å². The van der Waals surface area contributed by atoms with Crippen molar-refractivity contribution in [2.45, 2.75) is 12.5 Å². The maximum atomic E-state index is 13.2. The van der Waals surface area contributed by atoms with Crippen molar-refractivity contribution in [2.75, 3.05) is 18.9 Å². The highest BCUT2D eigenvalue weighted by molar-refractivity contribution is 7.48. The summed E-state index contributed by atoms with van der Waals surface area (Å²) in [5.41, 5.74) is 6.66. The number of hydrogen-bond donors (Lipinski definition) is 3. The Kier molecular flexibility index (Phi) is 7.87. The van der Waals surface area contributed by atoms with Crippen LogP contribution in [0.15, 0.2) is 61.2 Å². The standard InChI is InChI=1S/C23H23F2N5O8P2/c24-15-1-5-17(6-2-15)37-39(31,32)35-10-14-9-20(30-13-29-21-22(26)27-12-28-23(21)30)19(14)11-36-40(33,34)38-18-7-3-16(25)4-8-18/h1-8,12-14,19-20H,9-11H2,(H,31,32)(H,33,34)(H2,26,27,28)/t14-,19-,20-/m1/s1. The summed E-state index contributed by atoms with van der Waals surface area (Å²) in [6.07, 6.45) is 3.15. The number of hydrogen-bond acceptors (Lipinski definition) is 10. The van der Waals surface area contributed by atoms with Gasteiger partial charge < -0.3 is 19.3 Å². The minimum Gasteiger partial charge on any atom is -0.404 e. The summed E-state index contributed by atoms with van der Waals surface area (Å²) >= 11 is 0. The van der Waals surface area contributed by atoms with Crippen LogP contribution in [0, 0.1) is 23.5 Å². The van der Waals surface area contributed by atoms with E-state index in [9.17, 15) is 27.7 Å². The summed E-state index contributed by atoms with van der Waals surface area (Å²) in [7, 11) is -9.24. The van der Waals surface area contributed by atoms with Gasteiger partial charge in [-0.2, -0.15) is 0 Å². The van der Waals surface area contributed by atoms with E-state index in [-0.39, 0.29) is 36.6 Å². The molecule has 2 aromatic heterocycles. The largest absolute Gasteiger partial charge is 0.527 e. The Morgan fingerprint density at radius 3 is 2.00 bits per heavy atom. The number of imidazole rings is 1. The lowest BCUT2D eigenvalue weighted by Gasteiger charge is -2.45. The molecule has 5 rings (SSSR count). The second kappa shape index (κ2) is 11.2. The lowest BCUT2D eigenvalue weighted by Crippen LogP contribution is -2.43. The first-order valence-electron chi connectivity index (χ1n) is 11.8. The van der Waals surface area contributed by atoms with Gasteiger partial charge >= 0.3 is 15.6 Å². The van der Waals surface area contributed by atoms with Gasteiger partial charge in [0, 0.05) is 12.0 Å². The third-order valence-electron chi connectivity index (χ3n) is 6.34. The highest BCUT2D eigenvalue weighted by atomic mass is 31.2. The fourth-order valence-electron chi connectivity index (χ4n) is 4.33. The van der Waals surface area contributed by atoms with Gasteiger partial charge in [0.15, 0.2) is 11.5 Å². The summed E-state index contributed by atoms with van der Waals surface area (Å²) in [5, 5.41) is 0. The van der Waals surface area contributed by atoms with E-state index in [1.54, 1.807) is 4.57 Å². The predicted octanol–water partition coefficient (Wildman–Crippen LogP) is 4.26. The molecule has 1 aliphatic carbocycles. The molecule has 17 heteroatoms. The Morgan fingerprint density at radius 1 is 0.875 bits per heavy atom. The molecule has 2 unspecified atom stereocenters. The Morgan fingerprint density at radius 2 is 1.43 bits per heavy atom. The molecule has 0 saturated heterocycles. The quantitative estimate of drug-likeness (QED) is 0.209. The number of aromatic nitrogens is 4. The number of benzene rings is 2. The molecule has 2 aromatic carbocycles. The average Bonchev–Trinajstić information content (AvgIpc) is 3.31. The first kappa shape index (κ1) is 28.1. The Hall–Kier alpha value is -3.45. The van der Waals surface area contributed by atoms with Crippen molar-refractivity contribution in [3.8, 4) is 11.5 Å². The van der Waals surface area contributed by atoms with Crippen LogP contribution in [0.5, 0.6) is 11.5 Å². The van der Waals surface area contributed by atoms with Crippen LogP contribution in [0.3, 0.4) is 0 Å². The highest BCUT2D eigenvalue weighted by Gasteiger charge is 2.45. The maximum Gasteiger partial charge on any atom is 0.527 e. The van der Waals surface area contributed by atoms with Crippen molar-refractivity contribution >= 4 is 32.6 Å². The average molecular weight is 597 g/mol. The highest BCUT2D eigenvalue weighted by Crippen LogP contribution is 2.52. The summed E-state index contributed by atoms with van der Waals surface area (Å²) < 4.78 is 73.5. The van der Waals surface area contributed by atoms with Gasteiger partial charge in [-0.25, -0.2) is 32.9 Å². The smallest absolute Gasteiger partial charge is 0.404 e. The number of phosphoric ester groups is 2. The van der Waals surface area contributed by atoms with Gasteiger partial charge in [0.1, 0.15) is 35.0 Å². The molecule has 212 valence electrons. The molecular formula is C23H23F2N5O8P2. The third-order valence-corrected chi connectivity index (χ3v) is 8.17. The van der Waals surface area contributed by atoms with Crippen LogP contribution in [0.2, 0.25) is 0 Å². The van der Waals surface area contributed by atoms with Crippen molar-refractivity contribution in [1.82, 2.24) is 19.5 Å². The molecule has 1 fully saturated rings. The van der Waals surface area contributed by atoms with E-state index in [1.807, 2.05) is 0 Å². The predicted molar refractivity (Wildman–Crippen MR) is 136 cm³/mol. The SMILES string of the molecule is Nc1ncnc2c1ncn2[C@@H]1C[C@H](COP(=O)(O)Oc2ccc(F)cc2)[C@H]1COP(=O)(O)Oc1ccc(F)cc1. The Bertz CT molecular complexity index is 1590. The van der Waals surface area contributed by atoms with Gasteiger partial charge in [-0.05, 0) is 60.9 Å². The van der Waals surface area contributed by atoms with Gasteiger partial charge in [-0.1, -0.05) is 0 Å². The molecule has 1 saturated carbocycles. The zero-order chi connectivity index (χ0) is 28.5. The molecule has 0 radical (unpaired) electrons. The van der Waals surface area contributed by atoms with E-state index in [1.165, 1.54) is 36.9 Å². The molecule has 0 bridgehead atoms. The minimum atomic E-state index is -4.64. The van der Waals surface area contributed by atoms with Crippen LogP contribution >= 0.6 is 15.6 Å². The number of halogens is 2. The number of nitrogen functional groups attached to an aromatic ring is 1. The zero-order valence-corrected chi connectivity index (χ0v) is 22.3. The molecule has 13 nitrogen and oxygen atoms in total. The number of anilines is 1. The number of nitrogens with two attached hydrogens (primary N) is 1. The molecule has 40 heavy (non-hydrogen) atoms. The molecule has 0 aliphatic heterocycles. The fourth-order valence-corrected chi connectivity index (χ4v) is 5.95. The summed E-state index contributed by atoms with van der Waals surface area (Å²) in [6, 6.07) is 8.56. The molecule has 5 atom stereocenters. The first-order valence-corrected chi connectivity index (χ1v) is 14.8. The van der Waals surface area contributed by atoms with Crippen LogP contribution in [-0.2, 0) is 18.2 Å². The number of phosphoric acid groups is 2. The van der Waals surface area contributed by atoms with E-state index >= 15 is 0 Å².